The lowest BCUT2D eigenvalue weighted by atomic mass is 9.91. The SMILES string of the molecule is CN1CCN(CC2=Cc3ccc(NC(=O)Cc4ccc(-c5ccccc5)cc4)cc3CC2)CC1. The summed E-state index contributed by atoms with van der Waals surface area (Å²) >= 11 is 0. The predicted octanol–water partition coefficient (Wildman–Crippen LogP) is 5.11. The highest BCUT2D eigenvalue weighted by Crippen LogP contribution is 2.27. The van der Waals surface area contributed by atoms with Gasteiger partial charge in [0.1, 0.15) is 0 Å². The van der Waals surface area contributed by atoms with Gasteiger partial charge in [-0.1, -0.05) is 72.3 Å². The standard InChI is InChI=1S/C30H33N3O/c1-32-15-17-33(18-16-32)22-24-9-12-28-21-29(14-13-27(28)19-24)31-30(34)20-23-7-10-26(11-8-23)25-5-3-2-4-6-25/h2-8,10-11,13-14,19,21H,9,12,15-18,20,22H2,1H3,(H,31,34). The first-order valence-electron chi connectivity index (χ1n) is 12.3. The van der Waals surface area contributed by atoms with Gasteiger partial charge in [0.15, 0.2) is 0 Å². The fraction of sp³-hybridized carbons (Fsp3) is 0.300. The number of aryl methyl sites for hydroxylation is 1. The van der Waals surface area contributed by atoms with Gasteiger partial charge in [0, 0.05) is 38.4 Å². The summed E-state index contributed by atoms with van der Waals surface area (Å²) in [7, 11) is 2.20. The molecule has 0 saturated carbocycles. The van der Waals surface area contributed by atoms with Crippen LogP contribution in [0.25, 0.3) is 17.2 Å². The molecule has 1 fully saturated rings. The number of fused-ring (bicyclic) bond motifs is 1. The first-order valence-corrected chi connectivity index (χ1v) is 12.3. The van der Waals surface area contributed by atoms with E-state index in [2.05, 4.69) is 64.6 Å². The third-order valence-corrected chi connectivity index (χ3v) is 6.95. The number of carbonyl (C=O) groups is 1. The number of amides is 1. The maximum Gasteiger partial charge on any atom is 0.228 e. The van der Waals surface area contributed by atoms with Crippen LogP contribution in [0.15, 0.2) is 78.4 Å². The summed E-state index contributed by atoms with van der Waals surface area (Å²) in [5.74, 6) is 0.0227. The van der Waals surface area contributed by atoms with E-state index in [-0.39, 0.29) is 5.91 Å². The van der Waals surface area contributed by atoms with Crippen molar-refractivity contribution in [3.8, 4) is 11.1 Å². The second-order valence-electron chi connectivity index (χ2n) is 9.58. The van der Waals surface area contributed by atoms with E-state index < -0.39 is 0 Å². The van der Waals surface area contributed by atoms with Crippen LogP contribution >= 0.6 is 0 Å². The zero-order valence-corrected chi connectivity index (χ0v) is 20.0. The van der Waals surface area contributed by atoms with E-state index in [1.807, 2.05) is 36.4 Å². The molecule has 5 rings (SSSR count). The van der Waals surface area contributed by atoms with Crippen molar-refractivity contribution in [2.24, 2.45) is 0 Å². The zero-order valence-electron chi connectivity index (χ0n) is 20.0. The molecule has 4 heteroatoms. The fourth-order valence-corrected chi connectivity index (χ4v) is 4.88. The average molecular weight is 452 g/mol. The molecular weight excluding hydrogens is 418 g/mol. The number of piperazine rings is 1. The van der Waals surface area contributed by atoms with Crippen LogP contribution < -0.4 is 5.32 Å². The highest BCUT2D eigenvalue weighted by atomic mass is 16.1. The number of hydrogen-bond donors (Lipinski definition) is 1. The molecule has 0 bridgehead atoms. The number of hydrogen-bond acceptors (Lipinski definition) is 3. The molecule has 0 atom stereocenters. The first kappa shape index (κ1) is 22.6. The lowest BCUT2D eigenvalue weighted by Gasteiger charge is -2.33. The molecule has 0 spiro atoms. The Morgan fingerprint density at radius 2 is 1.59 bits per heavy atom. The van der Waals surface area contributed by atoms with Crippen LogP contribution in [0.1, 0.15) is 23.1 Å². The van der Waals surface area contributed by atoms with E-state index >= 15 is 0 Å². The van der Waals surface area contributed by atoms with Crippen LogP contribution in [-0.2, 0) is 17.6 Å². The summed E-state index contributed by atoms with van der Waals surface area (Å²) in [5, 5.41) is 3.10. The second kappa shape index (κ2) is 10.4. The Hall–Kier alpha value is -3.21. The van der Waals surface area contributed by atoms with E-state index in [1.54, 1.807) is 0 Å². The van der Waals surface area contributed by atoms with Crippen molar-refractivity contribution in [1.82, 2.24) is 9.80 Å². The highest BCUT2D eigenvalue weighted by Gasteiger charge is 2.18. The quantitative estimate of drug-likeness (QED) is 0.566. The molecule has 0 aromatic heterocycles. The number of rotatable bonds is 6. The third kappa shape index (κ3) is 5.64. The van der Waals surface area contributed by atoms with Crippen molar-refractivity contribution < 1.29 is 4.79 Å². The van der Waals surface area contributed by atoms with Gasteiger partial charge in [0.2, 0.25) is 5.91 Å². The monoisotopic (exact) mass is 451 g/mol. The fourth-order valence-electron chi connectivity index (χ4n) is 4.88. The topological polar surface area (TPSA) is 35.6 Å². The van der Waals surface area contributed by atoms with E-state index in [1.165, 1.54) is 27.8 Å². The molecule has 1 aliphatic carbocycles. The summed E-state index contributed by atoms with van der Waals surface area (Å²) in [4.78, 5) is 17.6. The van der Waals surface area contributed by atoms with Crippen LogP contribution in [-0.4, -0.2) is 55.5 Å². The minimum Gasteiger partial charge on any atom is -0.326 e. The van der Waals surface area contributed by atoms with Gasteiger partial charge in [-0.25, -0.2) is 0 Å². The zero-order chi connectivity index (χ0) is 23.3. The van der Waals surface area contributed by atoms with Crippen molar-refractivity contribution in [3.63, 3.8) is 0 Å². The van der Waals surface area contributed by atoms with Gasteiger partial charge in [-0.2, -0.15) is 0 Å². The lowest BCUT2D eigenvalue weighted by molar-refractivity contribution is -0.115. The molecule has 34 heavy (non-hydrogen) atoms. The van der Waals surface area contributed by atoms with Gasteiger partial charge in [0.25, 0.3) is 0 Å². The number of carbonyl (C=O) groups excluding carboxylic acids is 1. The van der Waals surface area contributed by atoms with Crippen LogP contribution in [0.3, 0.4) is 0 Å². The molecule has 1 heterocycles. The Balaban J connectivity index is 1.17. The Bertz CT molecular complexity index is 1160. The van der Waals surface area contributed by atoms with Gasteiger partial charge in [-0.15, -0.1) is 0 Å². The van der Waals surface area contributed by atoms with Crippen LogP contribution in [0.5, 0.6) is 0 Å². The molecule has 1 N–H and O–H groups in total. The number of benzene rings is 3. The van der Waals surface area contributed by atoms with Gasteiger partial charge in [0.05, 0.1) is 6.42 Å². The van der Waals surface area contributed by atoms with E-state index in [0.717, 1.165) is 56.8 Å². The number of nitrogens with one attached hydrogen (secondary N) is 1. The molecule has 1 saturated heterocycles. The molecule has 1 amide bonds. The number of nitrogens with zero attached hydrogens (tertiary/aromatic N) is 2. The molecule has 2 aliphatic rings. The highest BCUT2D eigenvalue weighted by molar-refractivity contribution is 5.92. The van der Waals surface area contributed by atoms with Crippen molar-refractivity contribution in [1.29, 1.82) is 0 Å². The predicted molar refractivity (Wildman–Crippen MR) is 141 cm³/mol. The molecule has 0 unspecified atom stereocenters. The average Bonchev–Trinajstić information content (AvgIpc) is 2.86. The second-order valence-corrected chi connectivity index (χ2v) is 9.58. The molecule has 1 aliphatic heterocycles. The largest absolute Gasteiger partial charge is 0.326 e. The number of anilines is 1. The first-order chi connectivity index (χ1) is 16.6. The Morgan fingerprint density at radius 1 is 0.853 bits per heavy atom. The van der Waals surface area contributed by atoms with E-state index in [9.17, 15) is 4.79 Å². The number of likely N-dealkylation sites (N-methyl/N-ethyl adjacent to an activating group) is 1. The summed E-state index contributed by atoms with van der Waals surface area (Å²) in [6, 6.07) is 24.9. The van der Waals surface area contributed by atoms with Crippen molar-refractivity contribution >= 4 is 17.7 Å². The van der Waals surface area contributed by atoms with Gasteiger partial charge in [-0.05, 0) is 59.8 Å². The Labute approximate surface area is 202 Å². The van der Waals surface area contributed by atoms with Crippen molar-refractivity contribution in [2.45, 2.75) is 19.3 Å². The van der Waals surface area contributed by atoms with Gasteiger partial charge < -0.3 is 10.2 Å². The summed E-state index contributed by atoms with van der Waals surface area (Å²) < 4.78 is 0. The van der Waals surface area contributed by atoms with E-state index in [4.69, 9.17) is 0 Å². The molecule has 4 nitrogen and oxygen atoms in total. The van der Waals surface area contributed by atoms with Crippen molar-refractivity contribution in [3.05, 3.63) is 95.1 Å². The molecule has 0 radical (unpaired) electrons. The van der Waals surface area contributed by atoms with Gasteiger partial charge in [-0.3, -0.25) is 9.69 Å². The van der Waals surface area contributed by atoms with E-state index in [0.29, 0.717) is 6.42 Å². The van der Waals surface area contributed by atoms with Gasteiger partial charge >= 0.3 is 0 Å². The summed E-state index contributed by atoms with van der Waals surface area (Å²) in [5.41, 5.74) is 8.41. The maximum absolute atomic E-state index is 12.7. The minimum absolute atomic E-state index is 0.0227. The summed E-state index contributed by atoms with van der Waals surface area (Å²) in [6.07, 6.45) is 4.88. The molecular formula is C30H33N3O. The van der Waals surface area contributed by atoms with Crippen LogP contribution in [0, 0.1) is 0 Å². The van der Waals surface area contributed by atoms with Crippen molar-refractivity contribution in [2.75, 3.05) is 45.1 Å². The minimum atomic E-state index is 0.0227. The molecule has 3 aromatic rings. The normalized spacial score (nSPS) is 16.6. The third-order valence-electron chi connectivity index (χ3n) is 6.95. The lowest BCUT2D eigenvalue weighted by Crippen LogP contribution is -2.45. The molecule has 3 aromatic carbocycles. The smallest absolute Gasteiger partial charge is 0.228 e. The maximum atomic E-state index is 12.7. The Morgan fingerprint density at radius 3 is 2.35 bits per heavy atom. The molecule has 174 valence electrons. The van der Waals surface area contributed by atoms with Crippen LogP contribution in [0.4, 0.5) is 5.69 Å². The summed E-state index contributed by atoms with van der Waals surface area (Å²) in [6.45, 7) is 5.70. The van der Waals surface area contributed by atoms with Crippen LogP contribution in [0.2, 0.25) is 0 Å². The Kier molecular flexibility index (Phi) is 6.89.